The molecule has 0 atom stereocenters. The summed E-state index contributed by atoms with van der Waals surface area (Å²) in [6.07, 6.45) is 39.3. The fraction of sp³-hybridized carbons (Fsp3) is 0.897. The molecule has 0 saturated heterocycles. The summed E-state index contributed by atoms with van der Waals surface area (Å²) >= 11 is 2.35. The zero-order valence-electron chi connectivity index (χ0n) is 27.7. The van der Waals surface area contributed by atoms with Gasteiger partial charge in [0.15, 0.2) is 0 Å². The molecular weight excluding hydrogens is 500 g/mol. The van der Waals surface area contributed by atoms with Gasteiger partial charge in [-0.05, 0) is 74.3 Å². The van der Waals surface area contributed by atoms with Crippen molar-refractivity contribution in [2.24, 2.45) is 11.8 Å². The molecule has 1 heteroatoms. The molecule has 0 radical (unpaired) electrons. The Kier molecular flexibility index (Phi) is 13.5. The van der Waals surface area contributed by atoms with Crippen molar-refractivity contribution in [3.05, 3.63) is 20.9 Å². The topological polar surface area (TPSA) is 0 Å². The Morgan fingerprint density at radius 3 is 0.925 bits per heavy atom. The summed E-state index contributed by atoms with van der Waals surface area (Å²) in [5, 5.41) is 0. The van der Waals surface area contributed by atoms with E-state index in [1.807, 2.05) is 20.9 Å². The van der Waals surface area contributed by atoms with E-state index in [0.717, 1.165) is 11.8 Å². The van der Waals surface area contributed by atoms with E-state index >= 15 is 0 Å². The van der Waals surface area contributed by atoms with Gasteiger partial charge >= 0.3 is 0 Å². The predicted octanol–water partition coefficient (Wildman–Crippen LogP) is 13.4. The van der Waals surface area contributed by atoms with Crippen LogP contribution in [-0.2, 0) is 23.7 Å². The van der Waals surface area contributed by atoms with E-state index in [4.69, 9.17) is 0 Å². The lowest BCUT2D eigenvalue weighted by Crippen LogP contribution is -2.29. The van der Waals surface area contributed by atoms with Crippen LogP contribution in [0, 0.1) is 11.8 Å². The molecule has 0 spiro atoms. The van der Waals surface area contributed by atoms with Gasteiger partial charge in [-0.25, -0.2) is 0 Å². The predicted molar refractivity (Wildman–Crippen MR) is 180 cm³/mol. The van der Waals surface area contributed by atoms with Crippen LogP contribution in [-0.4, -0.2) is 0 Å². The van der Waals surface area contributed by atoms with Crippen LogP contribution in [0.25, 0.3) is 0 Å². The van der Waals surface area contributed by atoms with Crippen LogP contribution >= 0.6 is 11.3 Å². The first-order chi connectivity index (χ1) is 19.4. The van der Waals surface area contributed by atoms with Crippen molar-refractivity contribution in [2.45, 2.75) is 212 Å². The largest absolute Gasteiger partial charge is 0.144 e. The van der Waals surface area contributed by atoms with Crippen molar-refractivity contribution in [2.75, 3.05) is 0 Å². The second-order valence-corrected chi connectivity index (χ2v) is 16.7. The molecule has 40 heavy (non-hydrogen) atoms. The Bertz CT molecular complexity index is 819. The molecule has 0 amide bonds. The molecule has 2 fully saturated rings. The number of fused-ring (bicyclic) bond motifs is 1. The monoisotopic (exact) mass is 569 g/mol. The maximum atomic E-state index is 2.70. The molecule has 3 aliphatic rings. The molecule has 4 rings (SSSR count). The van der Waals surface area contributed by atoms with Crippen LogP contribution < -0.4 is 0 Å². The van der Waals surface area contributed by atoms with E-state index in [-0.39, 0.29) is 0 Å². The molecule has 1 aromatic heterocycles. The Hall–Kier alpha value is -0.300. The van der Waals surface area contributed by atoms with Crippen molar-refractivity contribution in [1.29, 1.82) is 0 Å². The van der Waals surface area contributed by atoms with Gasteiger partial charge in [-0.3, -0.25) is 0 Å². The first-order valence-corrected chi connectivity index (χ1v) is 19.4. The quantitative estimate of drug-likeness (QED) is 0.339. The minimum atomic E-state index is 0.317. The SMILES string of the molecule is CC(C)(c1sc(C(C)(C)C2CCCCCCCCC2)c2c1CCCCCCC2)C1CCCCCCCCCCC1. The van der Waals surface area contributed by atoms with Gasteiger partial charge in [0.2, 0.25) is 0 Å². The number of thiophene rings is 1. The highest BCUT2D eigenvalue weighted by atomic mass is 32.1. The van der Waals surface area contributed by atoms with E-state index in [1.165, 1.54) is 173 Å². The van der Waals surface area contributed by atoms with Gasteiger partial charge in [0.25, 0.3) is 0 Å². The van der Waals surface area contributed by atoms with Gasteiger partial charge in [-0.2, -0.15) is 0 Å². The van der Waals surface area contributed by atoms with Crippen LogP contribution in [0.1, 0.15) is 209 Å². The van der Waals surface area contributed by atoms with E-state index in [2.05, 4.69) is 39.0 Å². The van der Waals surface area contributed by atoms with Gasteiger partial charge in [-0.15, -0.1) is 11.3 Å². The summed E-state index contributed by atoms with van der Waals surface area (Å²) in [5.41, 5.74) is 4.37. The van der Waals surface area contributed by atoms with Gasteiger partial charge in [0, 0.05) is 20.6 Å². The van der Waals surface area contributed by atoms with Gasteiger partial charge in [0.05, 0.1) is 0 Å². The van der Waals surface area contributed by atoms with E-state index in [9.17, 15) is 0 Å². The molecule has 230 valence electrons. The second kappa shape index (κ2) is 16.5. The third-order valence-corrected chi connectivity index (χ3v) is 13.8. The van der Waals surface area contributed by atoms with Gasteiger partial charge < -0.3 is 0 Å². The van der Waals surface area contributed by atoms with Crippen molar-refractivity contribution in [3.63, 3.8) is 0 Å². The summed E-state index contributed by atoms with van der Waals surface area (Å²) in [6, 6.07) is 0. The van der Waals surface area contributed by atoms with E-state index < -0.39 is 0 Å². The third kappa shape index (κ3) is 8.86. The minimum absolute atomic E-state index is 0.317. The molecule has 1 heterocycles. The maximum absolute atomic E-state index is 2.70. The smallest absolute Gasteiger partial charge is 0.0142 e. The molecular formula is C39H68S. The van der Waals surface area contributed by atoms with Crippen LogP contribution in [0.2, 0.25) is 0 Å². The molecule has 0 bridgehead atoms. The molecule has 1 aromatic rings. The number of rotatable bonds is 4. The Labute approximate surface area is 255 Å². The molecule has 0 nitrogen and oxygen atoms in total. The Morgan fingerprint density at radius 1 is 0.375 bits per heavy atom. The minimum Gasteiger partial charge on any atom is -0.144 e. The summed E-state index contributed by atoms with van der Waals surface area (Å²) in [5.74, 6) is 1.71. The number of hydrogen-bond acceptors (Lipinski definition) is 1. The normalized spacial score (nSPS) is 23.6. The Morgan fingerprint density at radius 2 is 0.625 bits per heavy atom. The molecule has 3 aliphatic carbocycles. The average molecular weight is 569 g/mol. The van der Waals surface area contributed by atoms with Crippen molar-refractivity contribution in [1.82, 2.24) is 0 Å². The summed E-state index contributed by atoms with van der Waals surface area (Å²) in [7, 11) is 0. The second-order valence-electron chi connectivity index (χ2n) is 15.6. The first kappa shape index (κ1) is 32.6. The number of hydrogen-bond donors (Lipinski definition) is 0. The zero-order valence-corrected chi connectivity index (χ0v) is 28.5. The lowest BCUT2D eigenvalue weighted by atomic mass is 9.69. The summed E-state index contributed by atoms with van der Waals surface area (Å²) in [4.78, 5) is 3.70. The average Bonchev–Trinajstić information content (AvgIpc) is 3.35. The molecule has 0 aliphatic heterocycles. The summed E-state index contributed by atoms with van der Waals surface area (Å²) in [6.45, 7) is 10.8. The highest BCUT2D eigenvalue weighted by Crippen LogP contribution is 2.51. The Balaban J connectivity index is 1.68. The molecule has 0 aromatic carbocycles. The zero-order chi connectivity index (χ0) is 28.3. The van der Waals surface area contributed by atoms with Crippen molar-refractivity contribution >= 4 is 11.3 Å². The molecule has 0 unspecified atom stereocenters. The maximum Gasteiger partial charge on any atom is 0.0142 e. The highest BCUT2D eigenvalue weighted by Gasteiger charge is 2.40. The molecule has 2 saturated carbocycles. The van der Waals surface area contributed by atoms with Crippen LogP contribution in [0.15, 0.2) is 0 Å². The van der Waals surface area contributed by atoms with Gasteiger partial charge in [0.1, 0.15) is 0 Å². The molecule has 0 N–H and O–H groups in total. The lowest BCUT2D eigenvalue weighted by Gasteiger charge is -2.37. The lowest BCUT2D eigenvalue weighted by molar-refractivity contribution is 0.261. The fourth-order valence-corrected chi connectivity index (χ4v) is 10.8. The summed E-state index contributed by atoms with van der Waals surface area (Å²) < 4.78 is 0. The highest BCUT2D eigenvalue weighted by molar-refractivity contribution is 7.12. The van der Waals surface area contributed by atoms with E-state index in [0.29, 0.717) is 10.8 Å². The van der Waals surface area contributed by atoms with E-state index in [1.54, 1.807) is 0 Å². The van der Waals surface area contributed by atoms with Crippen molar-refractivity contribution < 1.29 is 0 Å². The van der Waals surface area contributed by atoms with Crippen LogP contribution in [0.4, 0.5) is 0 Å². The first-order valence-electron chi connectivity index (χ1n) is 18.6. The fourth-order valence-electron chi connectivity index (χ4n) is 8.99. The third-order valence-electron chi connectivity index (χ3n) is 11.9. The van der Waals surface area contributed by atoms with Crippen LogP contribution in [0.3, 0.4) is 0 Å². The van der Waals surface area contributed by atoms with Crippen LogP contribution in [0.5, 0.6) is 0 Å². The standard InChI is InChI=1S/C39H68S/c1-38(2,32-26-20-14-9-6-5-7-10-15-21-27-32)36-34-30-24-18-13-19-25-31-35(34)37(40-36)39(3,4)33-28-22-16-11-8-12-17-23-29-33/h32-33H,5-31H2,1-4H3. The van der Waals surface area contributed by atoms with Crippen molar-refractivity contribution in [3.8, 4) is 0 Å². The van der Waals surface area contributed by atoms with Gasteiger partial charge in [-0.1, -0.05) is 150 Å².